The van der Waals surface area contributed by atoms with E-state index in [1.807, 2.05) is 16.9 Å². The Hall–Kier alpha value is -3.33. The molecule has 1 saturated carbocycles. The molecule has 0 radical (unpaired) electrons. The number of alkyl halides is 1. The van der Waals surface area contributed by atoms with Crippen molar-refractivity contribution in [1.29, 1.82) is 0 Å². The molecule has 6 nitrogen and oxygen atoms in total. The summed E-state index contributed by atoms with van der Waals surface area (Å²) >= 11 is 0. The molecule has 1 aromatic carbocycles. The zero-order valence-electron chi connectivity index (χ0n) is 19.2. The highest BCUT2D eigenvalue weighted by atomic mass is 19.1. The Labute approximate surface area is 200 Å². The van der Waals surface area contributed by atoms with Crippen molar-refractivity contribution in [1.82, 2.24) is 24.7 Å². The minimum Gasteiger partial charge on any atom is -0.373 e. The van der Waals surface area contributed by atoms with Crippen molar-refractivity contribution in [3.8, 4) is 11.3 Å². The molecular weight excluding hydrogens is 455 g/mol. The van der Waals surface area contributed by atoms with Crippen LogP contribution in [-0.2, 0) is 11.4 Å². The van der Waals surface area contributed by atoms with Gasteiger partial charge in [-0.05, 0) is 50.8 Å². The van der Waals surface area contributed by atoms with Crippen molar-refractivity contribution in [2.45, 2.75) is 57.3 Å². The van der Waals surface area contributed by atoms with Crippen LogP contribution in [0.15, 0.2) is 36.7 Å². The number of ether oxygens (including phenoxy) is 1. The van der Waals surface area contributed by atoms with Gasteiger partial charge in [0.05, 0.1) is 35.2 Å². The predicted octanol–water partition coefficient (Wildman–Crippen LogP) is 5.91. The van der Waals surface area contributed by atoms with E-state index in [0.717, 1.165) is 36.6 Å². The Morgan fingerprint density at radius 2 is 1.94 bits per heavy atom. The summed E-state index contributed by atoms with van der Waals surface area (Å²) in [6, 6.07) is 5.68. The van der Waals surface area contributed by atoms with Crippen molar-refractivity contribution >= 4 is 11.0 Å². The first-order valence-corrected chi connectivity index (χ1v) is 11.9. The third-order valence-corrected chi connectivity index (χ3v) is 6.87. The molecule has 0 bridgehead atoms. The third-order valence-electron chi connectivity index (χ3n) is 6.87. The largest absolute Gasteiger partial charge is 0.373 e. The number of halogens is 3. The molecule has 2 atom stereocenters. The SMILES string of the molecule is Cc1nc2cc([C@H]3CCO[C@H](c4cnn(C5CC5)c4)C3)nc(-c3ccc(F)cc3F)c2nc1CF. The third kappa shape index (κ3) is 4.18. The molecule has 1 saturated heterocycles. The minimum absolute atomic E-state index is 0.0349. The first-order chi connectivity index (χ1) is 17.0. The van der Waals surface area contributed by atoms with Gasteiger partial charge in [0, 0.05) is 41.6 Å². The average molecular weight is 480 g/mol. The maximum Gasteiger partial charge on any atom is 0.135 e. The van der Waals surface area contributed by atoms with Gasteiger partial charge in [0.1, 0.15) is 29.5 Å². The Morgan fingerprint density at radius 1 is 1.09 bits per heavy atom. The predicted molar refractivity (Wildman–Crippen MR) is 123 cm³/mol. The standard InChI is InChI=1S/C26H24F3N5O/c1-14-23(11-27)33-26-22(31-14)10-21(32-25(26)19-5-2-17(28)9-20(19)29)15-6-7-35-24(8-15)16-12-30-34(13-16)18-3-4-18/h2,5,9-10,12-13,15,18,24H,3-4,6-8,11H2,1H3/t15-,24-/m0/s1. The first-order valence-electron chi connectivity index (χ1n) is 11.9. The van der Waals surface area contributed by atoms with Crippen LogP contribution >= 0.6 is 0 Å². The molecule has 6 rings (SSSR count). The second kappa shape index (κ2) is 8.71. The molecule has 1 aliphatic heterocycles. The van der Waals surface area contributed by atoms with Crippen LogP contribution in [0.4, 0.5) is 13.2 Å². The van der Waals surface area contributed by atoms with Crippen LogP contribution in [0.25, 0.3) is 22.3 Å². The molecular formula is C26H24F3N5O. The van der Waals surface area contributed by atoms with Crippen molar-refractivity contribution < 1.29 is 17.9 Å². The maximum absolute atomic E-state index is 14.8. The summed E-state index contributed by atoms with van der Waals surface area (Å²) in [5, 5.41) is 4.49. The Kier molecular flexibility index (Phi) is 5.51. The lowest BCUT2D eigenvalue weighted by Crippen LogP contribution is -2.19. The van der Waals surface area contributed by atoms with E-state index in [9.17, 15) is 13.2 Å². The average Bonchev–Trinajstić information content (AvgIpc) is 3.59. The molecule has 2 aliphatic rings. The molecule has 0 spiro atoms. The smallest absolute Gasteiger partial charge is 0.135 e. The van der Waals surface area contributed by atoms with E-state index < -0.39 is 18.3 Å². The van der Waals surface area contributed by atoms with Gasteiger partial charge < -0.3 is 4.74 Å². The topological polar surface area (TPSA) is 65.7 Å². The number of benzene rings is 1. The number of pyridine rings is 1. The van der Waals surface area contributed by atoms with Crippen LogP contribution in [-0.4, -0.2) is 31.3 Å². The van der Waals surface area contributed by atoms with Crippen molar-refractivity contribution in [2.24, 2.45) is 0 Å². The fourth-order valence-electron chi connectivity index (χ4n) is 4.76. The number of hydrogen-bond acceptors (Lipinski definition) is 5. The van der Waals surface area contributed by atoms with Gasteiger partial charge in [-0.3, -0.25) is 4.68 Å². The van der Waals surface area contributed by atoms with Crippen LogP contribution in [0, 0.1) is 18.6 Å². The second-order valence-electron chi connectivity index (χ2n) is 9.34. The maximum atomic E-state index is 14.8. The minimum atomic E-state index is -0.794. The van der Waals surface area contributed by atoms with E-state index >= 15 is 0 Å². The van der Waals surface area contributed by atoms with Crippen LogP contribution < -0.4 is 0 Å². The fraction of sp³-hybridized carbons (Fsp3) is 0.385. The van der Waals surface area contributed by atoms with E-state index in [0.29, 0.717) is 35.8 Å². The van der Waals surface area contributed by atoms with Gasteiger partial charge in [-0.2, -0.15) is 5.10 Å². The van der Waals surface area contributed by atoms with Gasteiger partial charge in [-0.15, -0.1) is 0 Å². The van der Waals surface area contributed by atoms with Gasteiger partial charge in [0.15, 0.2) is 0 Å². The van der Waals surface area contributed by atoms with E-state index in [1.54, 1.807) is 6.92 Å². The summed E-state index contributed by atoms with van der Waals surface area (Å²) in [7, 11) is 0. The number of nitrogens with zero attached hydrogens (tertiary/aromatic N) is 5. The summed E-state index contributed by atoms with van der Waals surface area (Å²) in [6.07, 6.45) is 7.55. The number of rotatable bonds is 5. The van der Waals surface area contributed by atoms with E-state index in [4.69, 9.17) is 9.72 Å². The number of hydrogen-bond donors (Lipinski definition) is 0. The zero-order valence-corrected chi connectivity index (χ0v) is 19.2. The summed E-state index contributed by atoms with van der Waals surface area (Å²) in [5.41, 5.74) is 3.57. The van der Waals surface area contributed by atoms with Gasteiger partial charge in [-0.25, -0.2) is 28.1 Å². The molecule has 0 amide bonds. The Morgan fingerprint density at radius 3 is 2.71 bits per heavy atom. The monoisotopic (exact) mass is 479 g/mol. The highest BCUT2D eigenvalue weighted by Gasteiger charge is 2.30. The van der Waals surface area contributed by atoms with E-state index in [2.05, 4.69) is 21.3 Å². The second-order valence-corrected chi connectivity index (χ2v) is 9.34. The normalized spacial score (nSPS) is 20.5. The molecule has 3 aromatic heterocycles. The van der Waals surface area contributed by atoms with Crippen LogP contribution in [0.1, 0.15) is 66.4 Å². The lowest BCUT2D eigenvalue weighted by Gasteiger charge is -2.29. The summed E-state index contributed by atoms with van der Waals surface area (Å²) in [5.74, 6) is -1.40. The molecule has 1 aliphatic carbocycles. The Bertz CT molecular complexity index is 1420. The molecule has 4 aromatic rings. The molecule has 9 heteroatoms. The molecule has 0 unspecified atom stereocenters. The zero-order chi connectivity index (χ0) is 24.1. The molecule has 4 heterocycles. The lowest BCUT2D eigenvalue weighted by atomic mass is 9.89. The number of aromatic nitrogens is 5. The molecule has 2 fully saturated rings. The molecule has 0 N–H and O–H groups in total. The van der Waals surface area contributed by atoms with Crippen molar-refractivity contribution in [2.75, 3.05) is 6.61 Å². The van der Waals surface area contributed by atoms with Gasteiger partial charge >= 0.3 is 0 Å². The quantitative estimate of drug-likeness (QED) is 0.356. The number of aryl methyl sites for hydroxylation is 1. The van der Waals surface area contributed by atoms with Gasteiger partial charge in [0.25, 0.3) is 0 Å². The van der Waals surface area contributed by atoms with Crippen LogP contribution in [0.2, 0.25) is 0 Å². The van der Waals surface area contributed by atoms with E-state index in [-0.39, 0.29) is 29.0 Å². The fourth-order valence-corrected chi connectivity index (χ4v) is 4.76. The highest BCUT2D eigenvalue weighted by Crippen LogP contribution is 2.40. The van der Waals surface area contributed by atoms with Crippen molar-refractivity contribution in [3.05, 3.63) is 70.9 Å². The highest BCUT2D eigenvalue weighted by molar-refractivity contribution is 5.89. The molecule has 180 valence electrons. The van der Waals surface area contributed by atoms with Crippen LogP contribution in [0.5, 0.6) is 0 Å². The Balaban J connectivity index is 1.42. The molecule has 35 heavy (non-hydrogen) atoms. The van der Waals surface area contributed by atoms with Gasteiger partial charge in [-0.1, -0.05) is 0 Å². The summed E-state index contributed by atoms with van der Waals surface area (Å²) < 4.78 is 50.1. The summed E-state index contributed by atoms with van der Waals surface area (Å²) in [4.78, 5) is 13.8. The first kappa shape index (κ1) is 22.2. The van der Waals surface area contributed by atoms with E-state index in [1.165, 1.54) is 12.1 Å². The number of fused-ring (bicyclic) bond motifs is 1. The van der Waals surface area contributed by atoms with Crippen LogP contribution in [0.3, 0.4) is 0 Å². The summed E-state index contributed by atoms with van der Waals surface area (Å²) in [6.45, 7) is 1.45. The lowest BCUT2D eigenvalue weighted by molar-refractivity contribution is 0.00462. The van der Waals surface area contributed by atoms with Gasteiger partial charge in [0.2, 0.25) is 0 Å². The van der Waals surface area contributed by atoms with Crippen molar-refractivity contribution in [3.63, 3.8) is 0 Å².